The Morgan fingerprint density at radius 2 is 1.94 bits per heavy atom. The van der Waals surface area contributed by atoms with E-state index in [1.807, 2.05) is 6.07 Å². The van der Waals surface area contributed by atoms with E-state index >= 15 is 0 Å². The Bertz CT molecular complexity index is 1210. The summed E-state index contributed by atoms with van der Waals surface area (Å²) in [5.74, 6) is -0.473. The predicted molar refractivity (Wildman–Crippen MR) is 112 cm³/mol. The minimum absolute atomic E-state index is 0.157. The summed E-state index contributed by atoms with van der Waals surface area (Å²) >= 11 is 5.66. The molecule has 1 heterocycles. The number of carbonyl (C=O) groups excluding carboxylic acids is 1. The molecule has 0 radical (unpaired) electrons. The summed E-state index contributed by atoms with van der Waals surface area (Å²) in [6, 6.07) is 14.3. The smallest absolute Gasteiger partial charge is 0.261 e. The van der Waals surface area contributed by atoms with Crippen molar-refractivity contribution in [3.05, 3.63) is 83.0 Å². The number of rotatable bonds is 8. The van der Waals surface area contributed by atoms with E-state index < -0.39 is 15.8 Å². The highest BCUT2D eigenvalue weighted by Gasteiger charge is 2.19. The highest BCUT2D eigenvalue weighted by molar-refractivity contribution is 7.92. The molecule has 0 atom stereocenters. The van der Waals surface area contributed by atoms with Crippen molar-refractivity contribution < 1.29 is 22.0 Å². The SMILES string of the molecule is N#CCCN(Cc1ccco1)C(=O)c1ccc(NS(=O)(=O)c2ccc(F)c(Cl)c2)cc1. The molecule has 1 N–H and O–H groups in total. The molecule has 0 aliphatic carbocycles. The normalized spacial score (nSPS) is 11.0. The van der Waals surface area contributed by atoms with Gasteiger partial charge in [-0.3, -0.25) is 9.52 Å². The Hall–Kier alpha value is -3.35. The van der Waals surface area contributed by atoms with E-state index in [-0.39, 0.29) is 41.0 Å². The van der Waals surface area contributed by atoms with Gasteiger partial charge in [-0.15, -0.1) is 0 Å². The van der Waals surface area contributed by atoms with Crippen molar-refractivity contribution in [3.8, 4) is 6.07 Å². The quantitative estimate of drug-likeness (QED) is 0.534. The number of hydrogen-bond donors (Lipinski definition) is 1. The Morgan fingerprint density at radius 3 is 2.55 bits per heavy atom. The van der Waals surface area contributed by atoms with Gasteiger partial charge in [-0.25, -0.2) is 12.8 Å². The molecule has 3 rings (SSSR count). The van der Waals surface area contributed by atoms with Crippen LogP contribution in [0.1, 0.15) is 22.5 Å². The summed E-state index contributed by atoms with van der Waals surface area (Å²) in [6.45, 7) is 0.420. The second kappa shape index (κ2) is 9.64. The van der Waals surface area contributed by atoms with Crippen LogP contribution in [0.3, 0.4) is 0 Å². The average molecular weight is 462 g/mol. The van der Waals surface area contributed by atoms with Crippen molar-refractivity contribution in [2.45, 2.75) is 17.9 Å². The van der Waals surface area contributed by atoms with Crippen LogP contribution in [-0.4, -0.2) is 25.8 Å². The molecule has 0 spiro atoms. The first kappa shape index (κ1) is 22.3. The standard InChI is InChI=1S/C21H17ClFN3O4S/c22-19-13-18(8-9-20(19)23)31(28,29)25-16-6-4-15(5-7-16)21(27)26(11-2-10-24)14-17-3-1-12-30-17/h1,3-9,12-13,25H,2,11,14H2. The number of carbonyl (C=O) groups is 1. The van der Waals surface area contributed by atoms with E-state index in [0.717, 1.165) is 18.2 Å². The molecule has 0 unspecified atom stereocenters. The molecule has 31 heavy (non-hydrogen) atoms. The topological polar surface area (TPSA) is 103 Å². The molecule has 0 saturated carbocycles. The van der Waals surface area contributed by atoms with Gasteiger partial charge in [0, 0.05) is 17.8 Å². The summed E-state index contributed by atoms with van der Waals surface area (Å²) in [7, 11) is -3.99. The van der Waals surface area contributed by atoms with Crippen LogP contribution in [0, 0.1) is 17.1 Å². The van der Waals surface area contributed by atoms with E-state index in [9.17, 15) is 17.6 Å². The van der Waals surface area contributed by atoms with Crippen LogP contribution in [0.25, 0.3) is 0 Å². The Balaban J connectivity index is 1.75. The van der Waals surface area contributed by atoms with E-state index in [1.54, 1.807) is 12.1 Å². The number of amides is 1. The summed E-state index contributed by atoms with van der Waals surface area (Å²) in [4.78, 5) is 14.1. The van der Waals surface area contributed by atoms with Gasteiger partial charge in [0.1, 0.15) is 11.6 Å². The van der Waals surface area contributed by atoms with Crippen molar-refractivity contribution in [1.82, 2.24) is 4.90 Å². The van der Waals surface area contributed by atoms with Gasteiger partial charge in [-0.05, 0) is 54.6 Å². The summed E-state index contributed by atoms with van der Waals surface area (Å²) < 4.78 is 45.9. The van der Waals surface area contributed by atoms with E-state index in [1.165, 1.54) is 35.4 Å². The molecule has 0 aliphatic heterocycles. The predicted octanol–water partition coefficient (Wildman–Crippen LogP) is 4.43. The van der Waals surface area contributed by atoms with Crippen LogP contribution < -0.4 is 4.72 Å². The number of halogens is 2. The molecule has 7 nitrogen and oxygen atoms in total. The number of furan rings is 1. The van der Waals surface area contributed by atoms with Crippen LogP contribution in [0.5, 0.6) is 0 Å². The fourth-order valence-electron chi connectivity index (χ4n) is 2.75. The van der Waals surface area contributed by atoms with Crippen molar-refractivity contribution in [1.29, 1.82) is 5.26 Å². The summed E-state index contributed by atoms with van der Waals surface area (Å²) in [5, 5.41) is 8.55. The monoisotopic (exact) mass is 461 g/mol. The van der Waals surface area contributed by atoms with Crippen LogP contribution in [0.15, 0.2) is 70.2 Å². The number of benzene rings is 2. The van der Waals surface area contributed by atoms with Gasteiger partial charge >= 0.3 is 0 Å². The molecule has 0 fully saturated rings. The maximum absolute atomic E-state index is 13.3. The second-order valence-corrected chi connectivity index (χ2v) is 8.56. The van der Waals surface area contributed by atoms with Crippen molar-refractivity contribution >= 4 is 33.2 Å². The molecule has 1 amide bonds. The van der Waals surface area contributed by atoms with Gasteiger partial charge < -0.3 is 9.32 Å². The lowest BCUT2D eigenvalue weighted by atomic mass is 10.1. The fraction of sp³-hybridized carbons (Fsp3) is 0.143. The number of hydrogen-bond acceptors (Lipinski definition) is 5. The zero-order valence-electron chi connectivity index (χ0n) is 16.1. The van der Waals surface area contributed by atoms with Crippen molar-refractivity contribution in [2.75, 3.05) is 11.3 Å². The molecule has 3 aromatic rings. The van der Waals surface area contributed by atoms with E-state index in [2.05, 4.69) is 4.72 Å². The van der Waals surface area contributed by atoms with Gasteiger partial charge in [0.25, 0.3) is 15.9 Å². The zero-order chi connectivity index (χ0) is 22.4. The molecule has 0 aliphatic rings. The number of nitrogens with one attached hydrogen (secondary N) is 1. The van der Waals surface area contributed by atoms with Crippen LogP contribution in [0.2, 0.25) is 5.02 Å². The third-order valence-corrected chi connectivity index (χ3v) is 5.96. The number of sulfonamides is 1. The summed E-state index contributed by atoms with van der Waals surface area (Å²) in [5.41, 5.74) is 0.531. The van der Waals surface area contributed by atoms with Crippen LogP contribution in [0.4, 0.5) is 10.1 Å². The first-order valence-corrected chi connectivity index (χ1v) is 10.9. The maximum atomic E-state index is 13.3. The Kier molecular flexibility index (Phi) is 6.95. The molecule has 10 heteroatoms. The molecule has 0 saturated heterocycles. The Morgan fingerprint density at radius 1 is 1.19 bits per heavy atom. The number of anilines is 1. The molecular formula is C21H17ClFN3O4S. The molecule has 1 aromatic heterocycles. The molecule has 2 aromatic carbocycles. The highest BCUT2D eigenvalue weighted by atomic mass is 35.5. The average Bonchev–Trinajstić information content (AvgIpc) is 3.26. The van der Waals surface area contributed by atoms with Gasteiger partial charge in [-0.2, -0.15) is 5.26 Å². The van der Waals surface area contributed by atoms with Gasteiger partial charge in [0.15, 0.2) is 0 Å². The largest absolute Gasteiger partial charge is 0.467 e. The second-order valence-electron chi connectivity index (χ2n) is 6.47. The zero-order valence-corrected chi connectivity index (χ0v) is 17.7. The number of nitriles is 1. The van der Waals surface area contributed by atoms with E-state index in [0.29, 0.717) is 11.3 Å². The molecule has 0 bridgehead atoms. The lowest BCUT2D eigenvalue weighted by Gasteiger charge is -2.20. The van der Waals surface area contributed by atoms with Gasteiger partial charge in [0.2, 0.25) is 0 Å². The van der Waals surface area contributed by atoms with Crippen molar-refractivity contribution in [3.63, 3.8) is 0 Å². The third kappa shape index (κ3) is 5.63. The number of nitrogens with zero attached hydrogens (tertiary/aromatic N) is 2. The van der Waals surface area contributed by atoms with Crippen LogP contribution >= 0.6 is 11.6 Å². The first-order valence-electron chi connectivity index (χ1n) is 9.07. The third-order valence-electron chi connectivity index (χ3n) is 4.29. The van der Waals surface area contributed by atoms with Crippen LogP contribution in [-0.2, 0) is 16.6 Å². The fourth-order valence-corrected chi connectivity index (χ4v) is 4.08. The molecule has 160 valence electrons. The Labute approximate surface area is 183 Å². The van der Waals surface area contributed by atoms with Crippen molar-refractivity contribution in [2.24, 2.45) is 0 Å². The van der Waals surface area contributed by atoms with Gasteiger partial charge in [0.05, 0.1) is 35.2 Å². The molecular weight excluding hydrogens is 445 g/mol. The lowest BCUT2D eigenvalue weighted by Crippen LogP contribution is -2.31. The minimum Gasteiger partial charge on any atom is -0.467 e. The lowest BCUT2D eigenvalue weighted by molar-refractivity contribution is 0.0735. The van der Waals surface area contributed by atoms with Gasteiger partial charge in [-0.1, -0.05) is 11.6 Å². The minimum atomic E-state index is -3.99. The maximum Gasteiger partial charge on any atom is 0.261 e. The first-order chi connectivity index (χ1) is 14.8. The van der Waals surface area contributed by atoms with E-state index in [4.69, 9.17) is 21.3 Å². The highest BCUT2D eigenvalue weighted by Crippen LogP contribution is 2.22. The summed E-state index contributed by atoms with van der Waals surface area (Å²) in [6.07, 6.45) is 1.65.